The average molecular weight is 280 g/mol. The Kier molecular flexibility index (Phi) is 7.77. The third-order valence-corrected chi connectivity index (χ3v) is 2.64. The molecule has 1 aromatic rings. The van der Waals surface area contributed by atoms with Gasteiger partial charge < -0.3 is 19.3 Å². The number of ether oxygens (including phenoxy) is 3. The molecule has 0 aliphatic rings. The van der Waals surface area contributed by atoms with E-state index in [0.717, 1.165) is 12.0 Å². The average Bonchev–Trinajstić information content (AvgIpc) is 2.46. The predicted octanol–water partition coefficient (Wildman–Crippen LogP) is 2.89. The first-order chi connectivity index (χ1) is 9.71. The summed E-state index contributed by atoms with van der Waals surface area (Å²) in [5.74, 6) is 1.28. The lowest BCUT2D eigenvalue weighted by atomic mass is 10.2. The molecule has 4 nitrogen and oxygen atoms in total. The monoisotopic (exact) mass is 280 g/mol. The van der Waals surface area contributed by atoms with Crippen LogP contribution in [0.2, 0.25) is 0 Å². The molecule has 0 aromatic heterocycles. The fraction of sp³-hybridized carbons (Fsp3) is 0.500. The van der Waals surface area contributed by atoms with Crippen LogP contribution in [0.15, 0.2) is 24.3 Å². The maximum atomic E-state index is 9.74. The Labute approximate surface area is 121 Å². The predicted molar refractivity (Wildman–Crippen MR) is 80.3 cm³/mol. The van der Waals surface area contributed by atoms with Gasteiger partial charge in [0.05, 0.1) is 13.7 Å². The molecule has 1 atom stereocenters. The largest absolute Gasteiger partial charge is 0.493 e. The van der Waals surface area contributed by atoms with Crippen LogP contribution in [0.25, 0.3) is 6.08 Å². The van der Waals surface area contributed by atoms with Crippen molar-refractivity contribution in [1.29, 1.82) is 0 Å². The van der Waals surface area contributed by atoms with Gasteiger partial charge in [0.15, 0.2) is 11.5 Å². The van der Waals surface area contributed by atoms with Crippen molar-refractivity contribution in [2.45, 2.75) is 26.4 Å². The molecule has 1 N–H and O–H groups in total. The van der Waals surface area contributed by atoms with Gasteiger partial charge >= 0.3 is 0 Å². The van der Waals surface area contributed by atoms with E-state index in [1.807, 2.05) is 44.2 Å². The van der Waals surface area contributed by atoms with E-state index in [1.165, 1.54) is 0 Å². The lowest BCUT2D eigenvalue weighted by Gasteiger charge is -2.15. The van der Waals surface area contributed by atoms with E-state index in [-0.39, 0.29) is 13.2 Å². The van der Waals surface area contributed by atoms with Gasteiger partial charge in [-0.25, -0.2) is 0 Å². The Morgan fingerprint density at radius 2 is 2.05 bits per heavy atom. The number of benzene rings is 1. The van der Waals surface area contributed by atoms with Crippen molar-refractivity contribution in [3.05, 3.63) is 29.8 Å². The molecule has 1 aromatic carbocycles. The highest BCUT2D eigenvalue weighted by atomic mass is 16.5. The van der Waals surface area contributed by atoms with E-state index >= 15 is 0 Å². The molecule has 1 unspecified atom stereocenters. The van der Waals surface area contributed by atoms with Crippen LogP contribution in [-0.4, -0.2) is 38.1 Å². The minimum Gasteiger partial charge on any atom is -0.493 e. The number of aliphatic hydroxyl groups excluding tert-OH is 1. The third-order valence-electron chi connectivity index (χ3n) is 2.64. The van der Waals surface area contributed by atoms with Crippen LogP contribution in [0.3, 0.4) is 0 Å². The quantitative estimate of drug-likeness (QED) is 0.707. The van der Waals surface area contributed by atoms with Gasteiger partial charge in [0.25, 0.3) is 0 Å². The van der Waals surface area contributed by atoms with Crippen molar-refractivity contribution in [3.8, 4) is 11.5 Å². The summed E-state index contributed by atoms with van der Waals surface area (Å²) in [5, 5.41) is 9.74. The van der Waals surface area contributed by atoms with Gasteiger partial charge in [-0.05, 0) is 31.0 Å². The lowest BCUT2D eigenvalue weighted by molar-refractivity contribution is 0.0119. The van der Waals surface area contributed by atoms with Crippen LogP contribution >= 0.6 is 0 Å². The molecule has 4 heteroatoms. The molecule has 0 amide bonds. The molecule has 1 rings (SSSR count). The molecule has 0 aliphatic carbocycles. The first-order valence-electron chi connectivity index (χ1n) is 6.90. The Balaban J connectivity index is 2.54. The summed E-state index contributed by atoms with van der Waals surface area (Å²) >= 11 is 0. The van der Waals surface area contributed by atoms with Crippen molar-refractivity contribution in [1.82, 2.24) is 0 Å². The fourth-order valence-corrected chi connectivity index (χ4v) is 1.70. The van der Waals surface area contributed by atoms with Gasteiger partial charge in [0, 0.05) is 6.61 Å². The van der Waals surface area contributed by atoms with Crippen LogP contribution in [0.4, 0.5) is 0 Å². The van der Waals surface area contributed by atoms with Crippen LogP contribution in [0, 0.1) is 0 Å². The topological polar surface area (TPSA) is 47.9 Å². The number of rotatable bonds is 9. The maximum Gasteiger partial charge on any atom is 0.161 e. The zero-order valence-electron chi connectivity index (χ0n) is 12.5. The Hall–Kier alpha value is -1.52. The molecule has 0 saturated heterocycles. The molecular weight excluding hydrogens is 256 g/mol. The van der Waals surface area contributed by atoms with E-state index in [2.05, 4.69) is 0 Å². The maximum absolute atomic E-state index is 9.74. The second kappa shape index (κ2) is 9.39. The van der Waals surface area contributed by atoms with Crippen molar-refractivity contribution in [2.75, 3.05) is 26.9 Å². The molecule has 0 aliphatic heterocycles. The van der Waals surface area contributed by atoms with Crippen LogP contribution in [-0.2, 0) is 4.74 Å². The standard InChI is InChI=1S/C16H24O4/c1-4-6-13-7-8-15(16(10-13)18-3)20-12-14(17)11-19-9-5-2/h4,6-8,10,14,17H,5,9,11-12H2,1-3H3. The molecule has 0 bridgehead atoms. The number of hydrogen-bond donors (Lipinski definition) is 1. The molecule has 0 spiro atoms. The highest BCUT2D eigenvalue weighted by molar-refractivity contribution is 5.55. The fourth-order valence-electron chi connectivity index (χ4n) is 1.70. The van der Waals surface area contributed by atoms with Crippen molar-refractivity contribution in [2.24, 2.45) is 0 Å². The number of methoxy groups -OCH3 is 1. The first-order valence-corrected chi connectivity index (χ1v) is 6.90. The summed E-state index contributed by atoms with van der Waals surface area (Å²) in [6, 6.07) is 5.68. The van der Waals surface area contributed by atoms with Crippen LogP contribution in [0.1, 0.15) is 25.8 Å². The third kappa shape index (κ3) is 5.63. The van der Waals surface area contributed by atoms with E-state index < -0.39 is 6.10 Å². The number of hydrogen-bond acceptors (Lipinski definition) is 4. The van der Waals surface area contributed by atoms with Crippen molar-refractivity contribution in [3.63, 3.8) is 0 Å². The highest BCUT2D eigenvalue weighted by Crippen LogP contribution is 2.28. The highest BCUT2D eigenvalue weighted by Gasteiger charge is 2.09. The number of aliphatic hydroxyl groups is 1. The SMILES string of the molecule is CC=Cc1ccc(OCC(O)COCCC)c(OC)c1. The Morgan fingerprint density at radius 3 is 2.70 bits per heavy atom. The van der Waals surface area contributed by atoms with E-state index in [4.69, 9.17) is 14.2 Å². The lowest BCUT2D eigenvalue weighted by Crippen LogP contribution is -2.23. The summed E-state index contributed by atoms with van der Waals surface area (Å²) in [6.07, 6.45) is 4.25. The van der Waals surface area contributed by atoms with Gasteiger partial charge in [0.2, 0.25) is 0 Å². The van der Waals surface area contributed by atoms with E-state index in [0.29, 0.717) is 18.1 Å². The molecule has 112 valence electrons. The molecule has 0 saturated carbocycles. The number of allylic oxidation sites excluding steroid dienone is 1. The Bertz CT molecular complexity index is 415. The van der Waals surface area contributed by atoms with Gasteiger partial charge in [-0.15, -0.1) is 0 Å². The second-order valence-corrected chi connectivity index (χ2v) is 4.45. The second-order valence-electron chi connectivity index (χ2n) is 4.45. The van der Waals surface area contributed by atoms with Crippen molar-refractivity contribution >= 4 is 6.08 Å². The Morgan fingerprint density at radius 1 is 1.25 bits per heavy atom. The minimum absolute atomic E-state index is 0.184. The van der Waals surface area contributed by atoms with E-state index in [1.54, 1.807) is 7.11 Å². The van der Waals surface area contributed by atoms with E-state index in [9.17, 15) is 5.11 Å². The summed E-state index contributed by atoms with van der Waals surface area (Å²) in [5.41, 5.74) is 1.04. The van der Waals surface area contributed by atoms with Gasteiger partial charge in [0.1, 0.15) is 12.7 Å². The summed E-state index contributed by atoms with van der Waals surface area (Å²) in [6.45, 7) is 5.11. The van der Waals surface area contributed by atoms with Crippen LogP contribution in [0.5, 0.6) is 11.5 Å². The van der Waals surface area contributed by atoms with Crippen molar-refractivity contribution < 1.29 is 19.3 Å². The van der Waals surface area contributed by atoms with Gasteiger partial charge in [-0.2, -0.15) is 0 Å². The summed E-state index contributed by atoms with van der Waals surface area (Å²) in [4.78, 5) is 0. The summed E-state index contributed by atoms with van der Waals surface area (Å²) in [7, 11) is 1.60. The van der Waals surface area contributed by atoms with Crippen LogP contribution < -0.4 is 9.47 Å². The zero-order valence-corrected chi connectivity index (χ0v) is 12.5. The smallest absolute Gasteiger partial charge is 0.161 e. The zero-order chi connectivity index (χ0) is 14.8. The molecule has 20 heavy (non-hydrogen) atoms. The van der Waals surface area contributed by atoms with Gasteiger partial charge in [-0.3, -0.25) is 0 Å². The molecule has 0 heterocycles. The normalized spacial score (nSPS) is 12.6. The van der Waals surface area contributed by atoms with Gasteiger partial charge in [-0.1, -0.05) is 25.1 Å². The minimum atomic E-state index is -0.638. The molecular formula is C16H24O4. The molecule has 0 radical (unpaired) electrons. The molecule has 0 fully saturated rings. The first kappa shape index (κ1) is 16.5. The summed E-state index contributed by atoms with van der Waals surface area (Å²) < 4.78 is 16.1.